The quantitative estimate of drug-likeness (QED) is 0.584. The van der Waals surface area contributed by atoms with Gasteiger partial charge in [0.2, 0.25) is 11.0 Å². The molecular formula is C17H23N7O3S2. The monoisotopic (exact) mass is 437 g/mol. The maximum absolute atomic E-state index is 12.7. The van der Waals surface area contributed by atoms with Gasteiger partial charge < -0.3 is 4.57 Å². The number of carbonyl (C=O) groups excluding carboxylic acids is 1. The number of fused-ring (bicyclic) bond motifs is 1. The van der Waals surface area contributed by atoms with Crippen LogP contribution in [0.2, 0.25) is 0 Å². The molecule has 0 bridgehead atoms. The third kappa shape index (κ3) is 3.99. The first kappa shape index (κ1) is 21.2. The summed E-state index contributed by atoms with van der Waals surface area (Å²) in [4.78, 5) is 41.7. The van der Waals surface area contributed by atoms with E-state index in [0.717, 1.165) is 9.57 Å². The van der Waals surface area contributed by atoms with Crippen LogP contribution in [0.5, 0.6) is 0 Å². The molecule has 0 aliphatic carbocycles. The first-order valence-corrected chi connectivity index (χ1v) is 10.9. The van der Waals surface area contributed by atoms with Gasteiger partial charge in [-0.25, -0.2) is 9.78 Å². The van der Waals surface area contributed by atoms with E-state index in [1.165, 1.54) is 34.7 Å². The van der Waals surface area contributed by atoms with E-state index in [9.17, 15) is 14.4 Å². The van der Waals surface area contributed by atoms with Crippen LogP contribution in [0.4, 0.5) is 5.13 Å². The number of anilines is 1. The number of hydrogen-bond acceptors (Lipinski definition) is 8. The maximum atomic E-state index is 12.7. The Bertz CT molecular complexity index is 1190. The van der Waals surface area contributed by atoms with Crippen LogP contribution < -0.4 is 16.6 Å². The van der Waals surface area contributed by atoms with E-state index >= 15 is 0 Å². The fraction of sp³-hybridized carbons (Fsp3) is 0.529. The minimum absolute atomic E-state index is 0.0764. The Balaban J connectivity index is 1.88. The van der Waals surface area contributed by atoms with Crippen LogP contribution in [-0.2, 0) is 18.9 Å². The average Bonchev–Trinajstić information content (AvgIpc) is 3.27. The Kier molecular flexibility index (Phi) is 5.94. The zero-order valence-corrected chi connectivity index (χ0v) is 18.7. The third-order valence-electron chi connectivity index (χ3n) is 4.29. The number of aryl methyl sites for hydroxylation is 1. The molecule has 10 nitrogen and oxygen atoms in total. The van der Waals surface area contributed by atoms with Crippen LogP contribution in [0.3, 0.4) is 0 Å². The molecular weight excluding hydrogens is 414 g/mol. The van der Waals surface area contributed by atoms with E-state index in [1.54, 1.807) is 11.6 Å². The van der Waals surface area contributed by atoms with Gasteiger partial charge in [-0.1, -0.05) is 36.9 Å². The van der Waals surface area contributed by atoms with Crippen LogP contribution >= 0.6 is 23.1 Å². The lowest BCUT2D eigenvalue weighted by Crippen LogP contribution is -2.37. The Labute approximate surface area is 175 Å². The van der Waals surface area contributed by atoms with Gasteiger partial charge >= 0.3 is 5.69 Å². The van der Waals surface area contributed by atoms with Crippen LogP contribution in [0, 0.1) is 0 Å². The molecule has 3 rings (SSSR count). The van der Waals surface area contributed by atoms with Crippen LogP contribution in [0.25, 0.3) is 11.2 Å². The number of imidazole rings is 1. The summed E-state index contributed by atoms with van der Waals surface area (Å²) in [5.41, 5.74) is -0.197. The van der Waals surface area contributed by atoms with E-state index in [1.807, 2.05) is 27.7 Å². The summed E-state index contributed by atoms with van der Waals surface area (Å²) >= 11 is 2.55. The second-order valence-corrected chi connectivity index (χ2v) is 9.12. The average molecular weight is 438 g/mol. The summed E-state index contributed by atoms with van der Waals surface area (Å²) in [6, 6.07) is -0.0764. The van der Waals surface area contributed by atoms with Gasteiger partial charge in [-0.2, -0.15) is 0 Å². The highest BCUT2D eigenvalue weighted by atomic mass is 32.2. The SMILES string of the molecule is CC(C)c1nnc(NC(=O)CSc2nc3c(c(=O)n(C)c(=O)n3C)n2C(C)C)s1. The molecule has 0 aliphatic heterocycles. The largest absolute Gasteiger partial charge is 0.332 e. The van der Waals surface area contributed by atoms with Crippen molar-refractivity contribution in [3.8, 4) is 0 Å². The van der Waals surface area contributed by atoms with Gasteiger partial charge in [0.1, 0.15) is 5.01 Å². The zero-order valence-electron chi connectivity index (χ0n) is 17.1. The van der Waals surface area contributed by atoms with Gasteiger partial charge in [-0.05, 0) is 13.8 Å². The van der Waals surface area contributed by atoms with E-state index in [4.69, 9.17) is 0 Å². The molecule has 0 aliphatic rings. The smallest absolute Gasteiger partial charge is 0.311 e. The number of rotatable bonds is 6. The maximum Gasteiger partial charge on any atom is 0.332 e. The Hall–Kier alpha value is -2.47. The Morgan fingerprint density at radius 1 is 1.14 bits per heavy atom. The number of hydrogen-bond donors (Lipinski definition) is 1. The van der Waals surface area contributed by atoms with E-state index < -0.39 is 11.2 Å². The predicted molar refractivity (Wildman–Crippen MR) is 114 cm³/mol. The van der Waals surface area contributed by atoms with Crippen LogP contribution in [0.1, 0.15) is 44.7 Å². The van der Waals surface area contributed by atoms with Gasteiger partial charge in [-0.15, -0.1) is 10.2 Å². The van der Waals surface area contributed by atoms with E-state index in [2.05, 4.69) is 20.5 Å². The molecule has 29 heavy (non-hydrogen) atoms. The summed E-state index contributed by atoms with van der Waals surface area (Å²) in [7, 11) is 3.01. The second kappa shape index (κ2) is 8.11. The topological polar surface area (TPSA) is 117 Å². The summed E-state index contributed by atoms with van der Waals surface area (Å²) in [5.74, 6) is 0.0827. The highest BCUT2D eigenvalue weighted by Gasteiger charge is 2.22. The molecule has 0 atom stereocenters. The molecule has 0 saturated heterocycles. The minimum atomic E-state index is -0.442. The molecule has 3 aromatic heterocycles. The highest BCUT2D eigenvalue weighted by Crippen LogP contribution is 2.26. The summed E-state index contributed by atoms with van der Waals surface area (Å²) < 4.78 is 4.16. The molecule has 0 aromatic carbocycles. The van der Waals surface area contributed by atoms with E-state index in [-0.39, 0.29) is 23.6 Å². The Morgan fingerprint density at radius 2 is 1.83 bits per heavy atom. The first-order chi connectivity index (χ1) is 13.6. The standard InChI is InChI=1S/C17H23N7O3S2/c1-8(2)13-20-21-15(29-13)18-10(25)7-28-16-19-12-11(24(16)9(3)4)14(26)23(6)17(27)22(12)5/h8-9H,7H2,1-6H3,(H,18,21,25). The first-order valence-electron chi connectivity index (χ1n) is 9.05. The molecule has 0 fully saturated rings. The molecule has 0 unspecified atom stereocenters. The van der Waals surface area contributed by atoms with Crippen molar-refractivity contribution < 1.29 is 4.79 Å². The molecule has 156 valence electrons. The lowest BCUT2D eigenvalue weighted by atomic mass is 10.2. The molecule has 0 saturated carbocycles. The van der Waals surface area contributed by atoms with Gasteiger partial charge in [-0.3, -0.25) is 24.0 Å². The van der Waals surface area contributed by atoms with Crippen LogP contribution in [0.15, 0.2) is 14.7 Å². The number of thioether (sulfide) groups is 1. The minimum Gasteiger partial charge on any atom is -0.311 e. The molecule has 1 amide bonds. The van der Waals surface area contributed by atoms with Crippen molar-refractivity contribution in [2.24, 2.45) is 14.1 Å². The van der Waals surface area contributed by atoms with Crippen molar-refractivity contribution in [1.82, 2.24) is 28.9 Å². The van der Waals surface area contributed by atoms with Crippen molar-refractivity contribution in [1.29, 1.82) is 0 Å². The van der Waals surface area contributed by atoms with Crippen molar-refractivity contribution >= 4 is 45.3 Å². The Morgan fingerprint density at radius 3 is 2.41 bits per heavy atom. The predicted octanol–water partition coefficient (Wildman–Crippen LogP) is 1.72. The fourth-order valence-corrected chi connectivity index (χ4v) is 4.47. The number of nitrogens with zero attached hydrogens (tertiary/aromatic N) is 6. The molecule has 1 N–H and O–H groups in total. The number of carbonyl (C=O) groups is 1. The lowest BCUT2D eigenvalue weighted by molar-refractivity contribution is -0.113. The van der Waals surface area contributed by atoms with Crippen LogP contribution in [-0.4, -0.2) is 40.5 Å². The molecule has 0 radical (unpaired) electrons. The highest BCUT2D eigenvalue weighted by molar-refractivity contribution is 7.99. The molecule has 3 aromatic rings. The van der Waals surface area contributed by atoms with Gasteiger partial charge in [0, 0.05) is 26.1 Å². The fourth-order valence-electron chi connectivity index (χ4n) is 2.78. The van der Waals surface area contributed by atoms with Gasteiger partial charge in [0.25, 0.3) is 5.56 Å². The van der Waals surface area contributed by atoms with E-state index in [0.29, 0.717) is 21.5 Å². The number of nitrogens with one attached hydrogen (secondary N) is 1. The second-order valence-electron chi connectivity index (χ2n) is 7.17. The van der Waals surface area contributed by atoms with Crippen molar-refractivity contribution in [3.05, 3.63) is 25.8 Å². The molecule has 12 heteroatoms. The summed E-state index contributed by atoms with van der Waals surface area (Å²) in [6.07, 6.45) is 0. The van der Waals surface area contributed by atoms with Gasteiger partial charge in [0.15, 0.2) is 16.3 Å². The lowest BCUT2D eigenvalue weighted by Gasteiger charge is -2.12. The number of amides is 1. The van der Waals surface area contributed by atoms with Crippen molar-refractivity contribution in [3.63, 3.8) is 0 Å². The molecule has 0 spiro atoms. The van der Waals surface area contributed by atoms with Crippen molar-refractivity contribution in [2.75, 3.05) is 11.1 Å². The zero-order chi connectivity index (χ0) is 21.5. The van der Waals surface area contributed by atoms with Crippen molar-refractivity contribution in [2.45, 2.75) is 44.8 Å². The molecule has 3 heterocycles. The summed E-state index contributed by atoms with van der Waals surface area (Å²) in [6.45, 7) is 7.86. The normalized spacial score (nSPS) is 11.7. The van der Waals surface area contributed by atoms with Gasteiger partial charge in [0.05, 0.1) is 5.75 Å². The summed E-state index contributed by atoms with van der Waals surface area (Å²) in [5, 5.41) is 12.6. The third-order valence-corrected chi connectivity index (χ3v) is 6.38. The number of aromatic nitrogens is 6.